The predicted octanol–water partition coefficient (Wildman–Crippen LogP) is 5.91. The van der Waals surface area contributed by atoms with Crippen molar-refractivity contribution in [3.8, 4) is 0 Å². The molecule has 0 aromatic rings. The Balaban J connectivity index is 6.56. The zero-order valence-electron chi connectivity index (χ0n) is 15.0. The van der Waals surface area contributed by atoms with E-state index < -0.39 is 60.1 Å². The molecule has 0 aromatic heterocycles. The summed E-state index contributed by atoms with van der Waals surface area (Å²) in [5.41, 5.74) is 0. The molecule has 0 aromatic carbocycles. The van der Waals surface area contributed by atoms with E-state index >= 15 is 0 Å². The van der Waals surface area contributed by atoms with E-state index in [1.54, 1.807) is 0 Å². The highest BCUT2D eigenvalue weighted by atomic mass is 19.4. The number of hydrogen-bond donors (Lipinski definition) is 1. The molecule has 0 spiro atoms. The average Bonchev–Trinajstić information content (AvgIpc) is 2.59. The van der Waals surface area contributed by atoms with E-state index in [2.05, 4.69) is 0 Å². The lowest BCUT2D eigenvalue weighted by Crippen LogP contribution is -2.75. The first-order valence-electron chi connectivity index (χ1n) is 7.73. The molecule has 0 aliphatic heterocycles. The Morgan fingerprint density at radius 3 is 1.19 bits per heavy atom. The van der Waals surface area contributed by atoms with Gasteiger partial charge in [0.05, 0.1) is 0 Å². The fourth-order valence-electron chi connectivity index (χ4n) is 1.80. The topological polar surface area (TPSA) is 29.1 Å². The van der Waals surface area contributed by atoms with Gasteiger partial charge in [0.15, 0.2) is 0 Å². The highest BCUT2D eigenvalue weighted by Crippen LogP contribution is 2.63. The minimum absolute atomic E-state index is 0.0468. The van der Waals surface area contributed by atoms with E-state index in [0.29, 0.717) is 0 Å². The van der Waals surface area contributed by atoms with Crippen molar-refractivity contribution in [2.75, 3.05) is 6.54 Å². The monoisotopic (exact) mass is 519 g/mol. The van der Waals surface area contributed by atoms with Gasteiger partial charge in [0.2, 0.25) is 0 Å². The number of halogens is 17. The molecule has 19 heteroatoms. The largest absolute Gasteiger partial charge is 0.460 e. The van der Waals surface area contributed by atoms with Crippen LogP contribution in [0.15, 0.2) is 0 Å². The molecule has 192 valence electrons. The molecule has 0 saturated carbocycles. The second-order valence-corrected chi connectivity index (χ2v) is 6.13. The Morgan fingerprint density at radius 1 is 0.562 bits per heavy atom. The fourth-order valence-corrected chi connectivity index (χ4v) is 1.80. The Labute approximate surface area is 166 Å². The van der Waals surface area contributed by atoms with Crippen LogP contribution in [-0.4, -0.2) is 60.1 Å². The molecule has 0 aliphatic carbocycles. The zero-order valence-corrected chi connectivity index (χ0v) is 15.0. The van der Waals surface area contributed by atoms with Gasteiger partial charge in [-0.3, -0.25) is 4.79 Å². The van der Waals surface area contributed by atoms with Gasteiger partial charge in [0, 0.05) is 6.54 Å². The van der Waals surface area contributed by atoms with Gasteiger partial charge in [-0.2, -0.15) is 74.6 Å². The van der Waals surface area contributed by atoms with Crippen molar-refractivity contribution in [1.82, 2.24) is 5.32 Å². The van der Waals surface area contributed by atoms with E-state index in [0.717, 1.165) is 5.32 Å². The SMILES string of the molecule is CCCCNC(=O)C(F)(F)C(F)(F)C(F)(F)C(F)(F)C(F)(F)C(F)(F)C(F)(F)C(F)(F)F. The highest BCUT2D eigenvalue weighted by molar-refractivity contribution is 5.84. The number of hydrogen-bond acceptors (Lipinski definition) is 1. The van der Waals surface area contributed by atoms with E-state index in [-0.39, 0.29) is 12.8 Å². The maximum Gasteiger partial charge on any atom is 0.460 e. The molecule has 1 N–H and O–H groups in total. The Bertz CT molecular complexity index is 680. The van der Waals surface area contributed by atoms with Crippen molar-refractivity contribution in [3.05, 3.63) is 0 Å². The van der Waals surface area contributed by atoms with E-state index in [9.17, 15) is 79.4 Å². The molecule has 0 aliphatic rings. The number of unbranched alkanes of at least 4 members (excludes halogenated alkanes) is 1. The summed E-state index contributed by atoms with van der Waals surface area (Å²) in [6.45, 7) is 0.335. The second kappa shape index (κ2) is 8.25. The summed E-state index contributed by atoms with van der Waals surface area (Å²) < 4.78 is 221. The summed E-state index contributed by atoms with van der Waals surface area (Å²) in [6, 6.07) is 0. The molecule has 0 saturated heterocycles. The van der Waals surface area contributed by atoms with Crippen molar-refractivity contribution in [2.24, 2.45) is 0 Å². The molecule has 0 fully saturated rings. The van der Waals surface area contributed by atoms with Crippen LogP contribution in [-0.2, 0) is 4.79 Å². The molecular formula is C13H10F17NO. The maximum absolute atomic E-state index is 13.5. The summed E-state index contributed by atoms with van der Waals surface area (Å²) in [7, 11) is 0. The minimum Gasteiger partial charge on any atom is -0.351 e. The first-order valence-corrected chi connectivity index (χ1v) is 7.73. The molecule has 0 bridgehead atoms. The van der Waals surface area contributed by atoms with Gasteiger partial charge >= 0.3 is 47.6 Å². The summed E-state index contributed by atoms with van der Waals surface area (Å²) in [6.07, 6.45) is -8.06. The average molecular weight is 519 g/mol. The third-order valence-electron chi connectivity index (χ3n) is 3.82. The Morgan fingerprint density at radius 2 is 0.875 bits per heavy atom. The number of nitrogens with one attached hydrogen (secondary N) is 1. The normalized spacial score (nSPS) is 15.7. The first-order chi connectivity index (χ1) is 13.7. The summed E-state index contributed by atoms with van der Waals surface area (Å²) in [5.74, 6) is -61.2. The van der Waals surface area contributed by atoms with Gasteiger partial charge in [0.1, 0.15) is 0 Å². The fraction of sp³-hybridized carbons (Fsp3) is 0.923. The highest BCUT2D eigenvalue weighted by Gasteiger charge is 2.95. The van der Waals surface area contributed by atoms with Crippen molar-refractivity contribution in [1.29, 1.82) is 0 Å². The number of rotatable bonds is 10. The molecule has 32 heavy (non-hydrogen) atoms. The molecule has 0 radical (unpaired) electrons. The van der Waals surface area contributed by atoms with Crippen molar-refractivity contribution < 1.29 is 79.4 Å². The lowest BCUT2D eigenvalue weighted by Gasteiger charge is -2.42. The van der Waals surface area contributed by atoms with Gasteiger partial charge in [-0.05, 0) is 6.42 Å². The molecule has 1 amide bonds. The number of alkyl halides is 17. The lowest BCUT2D eigenvalue weighted by molar-refractivity contribution is -0.459. The Kier molecular flexibility index (Phi) is 7.81. The third kappa shape index (κ3) is 4.03. The van der Waals surface area contributed by atoms with Crippen LogP contribution in [0, 0.1) is 0 Å². The number of carbonyl (C=O) groups is 1. The van der Waals surface area contributed by atoms with Crippen LogP contribution in [0.4, 0.5) is 74.6 Å². The van der Waals surface area contributed by atoms with E-state index in [1.165, 1.54) is 6.92 Å². The van der Waals surface area contributed by atoms with Crippen molar-refractivity contribution >= 4 is 5.91 Å². The second-order valence-electron chi connectivity index (χ2n) is 6.13. The van der Waals surface area contributed by atoms with Crippen LogP contribution in [0.3, 0.4) is 0 Å². The van der Waals surface area contributed by atoms with Crippen LogP contribution in [0.5, 0.6) is 0 Å². The Hall–Kier alpha value is -1.72. The van der Waals surface area contributed by atoms with Gasteiger partial charge < -0.3 is 5.32 Å². The maximum atomic E-state index is 13.5. The molecular weight excluding hydrogens is 509 g/mol. The van der Waals surface area contributed by atoms with Gasteiger partial charge in [-0.25, -0.2) is 0 Å². The van der Waals surface area contributed by atoms with Crippen LogP contribution >= 0.6 is 0 Å². The molecule has 0 rings (SSSR count). The van der Waals surface area contributed by atoms with Crippen molar-refractivity contribution in [3.63, 3.8) is 0 Å². The summed E-state index contributed by atoms with van der Waals surface area (Å²) in [5, 5.41) is 0.815. The molecule has 0 heterocycles. The van der Waals surface area contributed by atoms with Crippen LogP contribution in [0.1, 0.15) is 19.8 Å². The smallest absolute Gasteiger partial charge is 0.351 e. The van der Waals surface area contributed by atoms with Crippen LogP contribution in [0.25, 0.3) is 0 Å². The van der Waals surface area contributed by atoms with Crippen LogP contribution in [0.2, 0.25) is 0 Å². The molecule has 0 atom stereocenters. The molecule has 2 nitrogen and oxygen atoms in total. The molecule has 0 unspecified atom stereocenters. The van der Waals surface area contributed by atoms with Crippen LogP contribution < -0.4 is 5.32 Å². The van der Waals surface area contributed by atoms with Gasteiger partial charge in [-0.15, -0.1) is 0 Å². The first kappa shape index (κ1) is 30.3. The van der Waals surface area contributed by atoms with Gasteiger partial charge in [-0.1, -0.05) is 13.3 Å². The standard InChI is InChI=1S/C13H10F17NO/c1-2-3-4-31-5(32)6(14,15)7(16,17)8(18,19)9(20,21)10(22,23)11(24,25)12(26,27)13(28,29)30/h2-4H2,1H3,(H,31,32). The van der Waals surface area contributed by atoms with Gasteiger partial charge in [0.25, 0.3) is 5.91 Å². The lowest BCUT2D eigenvalue weighted by atomic mass is 9.89. The van der Waals surface area contributed by atoms with E-state index in [4.69, 9.17) is 0 Å². The number of carbonyl (C=O) groups excluding carboxylic acids is 1. The summed E-state index contributed by atoms with van der Waals surface area (Å²) in [4.78, 5) is 11.0. The summed E-state index contributed by atoms with van der Waals surface area (Å²) >= 11 is 0. The number of amides is 1. The third-order valence-corrected chi connectivity index (χ3v) is 3.82. The van der Waals surface area contributed by atoms with E-state index in [1.807, 2.05) is 0 Å². The quantitative estimate of drug-likeness (QED) is 0.282. The zero-order chi connectivity index (χ0) is 26.4. The predicted molar refractivity (Wildman–Crippen MR) is 68.6 cm³/mol. The van der Waals surface area contributed by atoms with Crippen molar-refractivity contribution in [2.45, 2.75) is 67.4 Å². The minimum atomic E-state index is -8.71.